The highest BCUT2D eigenvalue weighted by molar-refractivity contribution is 5.90. The number of rotatable bonds is 4. The lowest BCUT2D eigenvalue weighted by Gasteiger charge is -2.64. The minimum absolute atomic E-state index is 0.0765. The number of aliphatic hydroxyl groups is 1. The molecule has 1 N–H and O–H groups in total. The van der Waals surface area contributed by atoms with Crippen LogP contribution in [0.15, 0.2) is 6.07 Å². The molecule has 6 rings (SSSR count). The third-order valence-corrected chi connectivity index (χ3v) is 8.76. The van der Waals surface area contributed by atoms with Crippen molar-refractivity contribution in [2.75, 3.05) is 34.4 Å². The zero-order valence-electron chi connectivity index (χ0n) is 17.5. The number of carbonyl (C=O) groups is 1. The van der Waals surface area contributed by atoms with Gasteiger partial charge in [0.25, 0.3) is 0 Å². The van der Waals surface area contributed by atoms with E-state index in [9.17, 15) is 9.90 Å². The van der Waals surface area contributed by atoms with E-state index >= 15 is 0 Å². The molecule has 5 atom stereocenters. The summed E-state index contributed by atoms with van der Waals surface area (Å²) in [6.07, 6.45) is 4.46. The molecule has 3 fully saturated rings. The van der Waals surface area contributed by atoms with E-state index in [1.165, 1.54) is 12.8 Å². The molecule has 0 radical (unpaired) electrons. The summed E-state index contributed by atoms with van der Waals surface area (Å²) in [6.45, 7) is 2.10. The predicted octanol–water partition coefficient (Wildman–Crippen LogP) is 1.98. The number of quaternary nitrogens is 1. The maximum absolute atomic E-state index is 13.1. The first-order chi connectivity index (χ1) is 13.9. The summed E-state index contributed by atoms with van der Waals surface area (Å²) in [7, 11) is 5.56. The molecule has 6 nitrogen and oxygen atoms in total. The van der Waals surface area contributed by atoms with E-state index in [1.807, 2.05) is 0 Å². The highest BCUT2D eigenvalue weighted by atomic mass is 16.5. The molecule has 3 aliphatic carbocycles. The molecular formula is C23H30NO5+. The number of likely N-dealkylation sites (N-methyl/N-ethyl adjacent to an activating group) is 1. The summed E-state index contributed by atoms with van der Waals surface area (Å²) < 4.78 is 18.5. The van der Waals surface area contributed by atoms with Crippen molar-refractivity contribution in [3.05, 3.63) is 17.2 Å². The van der Waals surface area contributed by atoms with Gasteiger partial charge >= 0.3 is 0 Å². The van der Waals surface area contributed by atoms with Crippen LogP contribution in [0.1, 0.15) is 43.2 Å². The third kappa shape index (κ3) is 1.97. The number of carbonyl (C=O) groups excluding carboxylic acids is 1. The lowest BCUT2D eigenvalue weighted by atomic mass is 9.48. The SMILES string of the molecule is COc1cc2c3c(c1OC)O[C@H]1C(=O)CC[C@@]4(O)[C@@H](C2)[N+](C)(CC2CC2)CC[C@]314. The number of piperidine rings is 1. The summed E-state index contributed by atoms with van der Waals surface area (Å²) in [4.78, 5) is 13.1. The normalized spacial score (nSPS) is 41.6. The number of methoxy groups -OCH3 is 2. The molecule has 0 aromatic heterocycles. The minimum Gasteiger partial charge on any atom is -0.493 e. The summed E-state index contributed by atoms with van der Waals surface area (Å²) in [5.41, 5.74) is 0.594. The van der Waals surface area contributed by atoms with Crippen LogP contribution in [0.25, 0.3) is 0 Å². The molecule has 2 bridgehead atoms. The second-order valence-electron chi connectivity index (χ2n) is 10.1. The van der Waals surface area contributed by atoms with E-state index in [2.05, 4.69) is 13.1 Å². The van der Waals surface area contributed by atoms with Crippen LogP contribution in [0.4, 0.5) is 0 Å². The molecule has 6 heteroatoms. The number of hydrogen-bond acceptors (Lipinski definition) is 5. The van der Waals surface area contributed by atoms with Crippen LogP contribution in [-0.4, -0.2) is 67.5 Å². The van der Waals surface area contributed by atoms with E-state index in [4.69, 9.17) is 14.2 Å². The van der Waals surface area contributed by atoms with Crippen LogP contribution >= 0.6 is 0 Å². The predicted molar refractivity (Wildman–Crippen MR) is 106 cm³/mol. The van der Waals surface area contributed by atoms with Gasteiger partial charge in [-0.1, -0.05) is 0 Å². The molecule has 1 unspecified atom stereocenters. The van der Waals surface area contributed by atoms with Gasteiger partial charge in [-0.05, 0) is 30.9 Å². The Labute approximate surface area is 171 Å². The molecular weight excluding hydrogens is 370 g/mol. The number of benzene rings is 1. The van der Waals surface area contributed by atoms with Crippen LogP contribution in [-0.2, 0) is 16.6 Å². The zero-order valence-corrected chi connectivity index (χ0v) is 17.5. The molecule has 2 heterocycles. The summed E-state index contributed by atoms with van der Waals surface area (Å²) in [6, 6.07) is 2.14. The third-order valence-electron chi connectivity index (χ3n) is 8.76. The van der Waals surface area contributed by atoms with E-state index in [0.717, 1.165) is 47.5 Å². The van der Waals surface area contributed by atoms with Gasteiger partial charge in [-0.3, -0.25) is 4.79 Å². The Balaban J connectivity index is 1.61. The van der Waals surface area contributed by atoms with Crippen molar-refractivity contribution in [2.24, 2.45) is 5.92 Å². The maximum atomic E-state index is 13.1. The molecule has 29 heavy (non-hydrogen) atoms. The van der Waals surface area contributed by atoms with Gasteiger partial charge in [0.1, 0.15) is 11.6 Å². The Morgan fingerprint density at radius 1 is 1.28 bits per heavy atom. The number of hydrogen-bond donors (Lipinski definition) is 1. The van der Waals surface area contributed by atoms with Crippen LogP contribution in [0, 0.1) is 5.92 Å². The van der Waals surface area contributed by atoms with Crippen LogP contribution in [0.3, 0.4) is 0 Å². The summed E-state index contributed by atoms with van der Waals surface area (Å²) in [5, 5.41) is 12.4. The Bertz CT molecular complexity index is 926. The van der Waals surface area contributed by atoms with Crippen LogP contribution < -0.4 is 14.2 Å². The fraction of sp³-hybridized carbons (Fsp3) is 0.696. The van der Waals surface area contributed by atoms with Crippen LogP contribution in [0.5, 0.6) is 17.2 Å². The Morgan fingerprint density at radius 3 is 2.76 bits per heavy atom. The highest BCUT2D eigenvalue weighted by Crippen LogP contribution is 2.67. The number of likely N-dealkylation sites (tertiary alicyclic amines) is 1. The summed E-state index contributed by atoms with van der Waals surface area (Å²) >= 11 is 0. The first-order valence-electron chi connectivity index (χ1n) is 10.9. The van der Waals surface area contributed by atoms with Gasteiger partial charge in [0, 0.05) is 30.7 Å². The fourth-order valence-electron chi connectivity index (χ4n) is 7.32. The number of ether oxygens (including phenoxy) is 3. The minimum atomic E-state index is -0.925. The van der Waals surface area contributed by atoms with Gasteiger partial charge in [-0.25, -0.2) is 0 Å². The number of nitrogens with zero attached hydrogens (tertiary/aromatic N) is 1. The lowest BCUT2D eigenvalue weighted by molar-refractivity contribution is -0.950. The van der Waals surface area contributed by atoms with Crippen molar-refractivity contribution in [1.82, 2.24) is 0 Å². The number of ketones is 1. The molecule has 2 saturated carbocycles. The second kappa shape index (κ2) is 5.46. The maximum Gasteiger partial charge on any atom is 0.203 e. The van der Waals surface area contributed by atoms with Crippen molar-refractivity contribution in [2.45, 2.75) is 61.7 Å². The monoisotopic (exact) mass is 400 g/mol. The second-order valence-corrected chi connectivity index (χ2v) is 10.1. The van der Waals surface area contributed by atoms with Crippen molar-refractivity contribution in [3.63, 3.8) is 0 Å². The highest BCUT2D eigenvalue weighted by Gasteiger charge is 2.76. The van der Waals surface area contributed by atoms with Gasteiger partial charge < -0.3 is 23.8 Å². The average Bonchev–Trinajstić information content (AvgIpc) is 3.43. The molecule has 0 amide bonds. The lowest BCUT2D eigenvalue weighted by Crippen LogP contribution is -2.80. The van der Waals surface area contributed by atoms with Gasteiger partial charge in [0.05, 0.1) is 39.8 Å². The Hall–Kier alpha value is -1.79. The molecule has 1 spiro atoms. The van der Waals surface area contributed by atoms with Gasteiger partial charge in [-0.15, -0.1) is 0 Å². The van der Waals surface area contributed by atoms with Crippen molar-refractivity contribution in [1.29, 1.82) is 0 Å². The molecule has 2 aliphatic heterocycles. The standard InChI is InChI=1S/C23H30NO5/c1-24(12-13-4-5-13)9-8-22-18-14-10-16(27-2)19(28-3)20(18)29-21(22)15(25)6-7-23(22,26)17(24)11-14/h10,13,17,21,26H,4-9,11-12H2,1-3H3/q+1/t17-,21+,22+,23-,24?/m1/s1. The number of Topliss-reactive ketones (excluding diaryl/α,β-unsaturated/α-hetero) is 1. The fourth-order valence-corrected chi connectivity index (χ4v) is 7.32. The molecule has 1 aromatic carbocycles. The van der Waals surface area contributed by atoms with Crippen molar-refractivity contribution < 1.29 is 28.6 Å². The van der Waals surface area contributed by atoms with E-state index in [1.54, 1.807) is 14.2 Å². The Morgan fingerprint density at radius 2 is 2.07 bits per heavy atom. The van der Waals surface area contributed by atoms with E-state index in [-0.39, 0.29) is 11.8 Å². The van der Waals surface area contributed by atoms with E-state index < -0.39 is 17.1 Å². The zero-order chi connectivity index (χ0) is 20.2. The molecule has 1 saturated heterocycles. The van der Waals surface area contributed by atoms with Crippen LogP contribution in [0.2, 0.25) is 0 Å². The molecule has 1 aromatic rings. The first-order valence-corrected chi connectivity index (χ1v) is 10.9. The molecule has 156 valence electrons. The van der Waals surface area contributed by atoms with Gasteiger partial charge in [-0.2, -0.15) is 0 Å². The van der Waals surface area contributed by atoms with Gasteiger partial charge in [0.2, 0.25) is 5.75 Å². The average molecular weight is 400 g/mol. The first kappa shape index (κ1) is 18.0. The van der Waals surface area contributed by atoms with E-state index in [0.29, 0.717) is 30.1 Å². The Kier molecular flexibility index (Phi) is 3.40. The van der Waals surface area contributed by atoms with Crippen molar-refractivity contribution >= 4 is 5.78 Å². The molecule has 5 aliphatic rings. The largest absolute Gasteiger partial charge is 0.493 e. The van der Waals surface area contributed by atoms with Gasteiger partial charge in [0.15, 0.2) is 23.4 Å². The summed E-state index contributed by atoms with van der Waals surface area (Å²) in [5.74, 6) is 2.70. The quantitative estimate of drug-likeness (QED) is 0.783. The topological polar surface area (TPSA) is 65.0 Å². The van der Waals surface area contributed by atoms with Crippen molar-refractivity contribution in [3.8, 4) is 17.2 Å². The smallest absolute Gasteiger partial charge is 0.203 e.